The van der Waals surface area contributed by atoms with Gasteiger partial charge >= 0.3 is 0 Å². The predicted molar refractivity (Wildman–Crippen MR) is 131 cm³/mol. The van der Waals surface area contributed by atoms with Crippen LogP contribution in [-0.2, 0) is 10.0 Å². The maximum absolute atomic E-state index is 13.2. The molecule has 0 saturated carbocycles. The molecule has 3 aromatic rings. The van der Waals surface area contributed by atoms with Gasteiger partial charge in [-0.3, -0.25) is 4.90 Å². The first-order valence-electron chi connectivity index (χ1n) is 11.0. The van der Waals surface area contributed by atoms with E-state index in [2.05, 4.69) is 43.0 Å². The Morgan fingerprint density at radius 3 is 1.81 bits per heavy atom. The molecule has 1 saturated heterocycles. The zero-order chi connectivity index (χ0) is 22.7. The largest absolute Gasteiger partial charge is 0.290 e. The van der Waals surface area contributed by atoms with Gasteiger partial charge in [-0.15, -0.1) is 0 Å². The minimum atomic E-state index is -3.50. The maximum Gasteiger partial charge on any atom is 0.243 e. The molecule has 0 spiro atoms. The van der Waals surface area contributed by atoms with Crippen LogP contribution in [-0.4, -0.2) is 43.8 Å². The highest BCUT2D eigenvalue weighted by Gasteiger charge is 2.32. The van der Waals surface area contributed by atoms with Crippen LogP contribution in [0.4, 0.5) is 0 Å². The third-order valence-corrected chi connectivity index (χ3v) is 8.29. The number of hydrogen-bond acceptors (Lipinski definition) is 3. The van der Waals surface area contributed by atoms with E-state index in [1.807, 2.05) is 42.5 Å². The molecule has 0 bridgehead atoms. The average molecular weight is 469 g/mol. The molecule has 0 aromatic heterocycles. The van der Waals surface area contributed by atoms with Crippen molar-refractivity contribution >= 4 is 21.6 Å². The highest BCUT2D eigenvalue weighted by Crippen LogP contribution is 2.31. The van der Waals surface area contributed by atoms with Gasteiger partial charge in [0.25, 0.3) is 0 Å². The van der Waals surface area contributed by atoms with E-state index >= 15 is 0 Å². The van der Waals surface area contributed by atoms with Crippen molar-refractivity contribution in [2.24, 2.45) is 0 Å². The Bertz CT molecular complexity index is 1120. The van der Waals surface area contributed by atoms with Gasteiger partial charge in [0.05, 0.1) is 10.9 Å². The molecule has 1 unspecified atom stereocenters. The van der Waals surface area contributed by atoms with Gasteiger partial charge in [-0.05, 0) is 46.9 Å². The van der Waals surface area contributed by atoms with Gasteiger partial charge in [0.15, 0.2) is 0 Å². The van der Waals surface area contributed by atoms with Crippen LogP contribution in [0, 0.1) is 0 Å². The molecule has 1 aliphatic heterocycles. The minimum Gasteiger partial charge on any atom is -0.290 e. The topological polar surface area (TPSA) is 40.6 Å². The summed E-state index contributed by atoms with van der Waals surface area (Å²) in [5.41, 5.74) is 3.49. The molecule has 32 heavy (non-hydrogen) atoms. The number of sulfonamides is 1. The van der Waals surface area contributed by atoms with Crippen LogP contribution < -0.4 is 0 Å². The SMILES string of the molecule is CC(C)c1ccc(S(=O)(=O)N2CCN(C(c3ccccc3)c3ccc(Cl)cc3)CC2)cc1. The zero-order valence-corrected chi connectivity index (χ0v) is 20.1. The number of nitrogens with zero attached hydrogens (tertiary/aromatic N) is 2. The van der Waals surface area contributed by atoms with E-state index in [0.29, 0.717) is 42.0 Å². The lowest BCUT2D eigenvalue weighted by Crippen LogP contribution is -2.49. The molecular weight excluding hydrogens is 440 g/mol. The lowest BCUT2D eigenvalue weighted by Gasteiger charge is -2.39. The molecule has 1 atom stereocenters. The molecule has 0 radical (unpaired) electrons. The first-order chi connectivity index (χ1) is 15.4. The standard InChI is InChI=1S/C26H29ClN2O2S/c1-20(2)21-10-14-25(15-11-21)32(30,31)29-18-16-28(17-19-29)26(22-6-4-3-5-7-22)23-8-12-24(27)13-9-23/h3-15,20,26H,16-19H2,1-2H3. The molecule has 0 aliphatic carbocycles. The maximum atomic E-state index is 13.2. The number of benzene rings is 3. The number of hydrogen-bond donors (Lipinski definition) is 0. The van der Waals surface area contributed by atoms with Crippen LogP contribution >= 0.6 is 11.6 Å². The summed E-state index contributed by atoms with van der Waals surface area (Å²) in [6.45, 7) is 6.45. The number of rotatable bonds is 6. The highest BCUT2D eigenvalue weighted by atomic mass is 35.5. The van der Waals surface area contributed by atoms with Crippen LogP contribution in [0.1, 0.15) is 42.5 Å². The van der Waals surface area contributed by atoms with Gasteiger partial charge in [0, 0.05) is 31.2 Å². The fraction of sp³-hybridized carbons (Fsp3) is 0.308. The molecule has 1 fully saturated rings. The molecule has 0 N–H and O–H groups in total. The summed E-state index contributed by atoms with van der Waals surface area (Å²) in [5.74, 6) is 0.373. The van der Waals surface area contributed by atoms with Crippen LogP contribution in [0.2, 0.25) is 5.02 Å². The van der Waals surface area contributed by atoms with Crippen LogP contribution in [0.25, 0.3) is 0 Å². The van der Waals surface area contributed by atoms with E-state index in [1.165, 1.54) is 5.56 Å². The Kier molecular flexibility index (Phi) is 7.01. The monoisotopic (exact) mass is 468 g/mol. The Morgan fingerprint density at radius 1 is 0.719 bits per heavy atom. The van der Waals surface area contributed by atoms with Gasteiger partial charge in [-0.25, -0.2) is 8.42 Å². The van der Waals surface area contributed by atoms with Crippen LogP contribution in [0.3, 0.4) is 0 Å². The third kappa shape index (κ3) is 4.91. The fourth-order valence-corrected chi connectivity index (χ4v) is 5.82. The van der Waals surface area contributed by atoms with Crippen molar-refractivity contribution in [2.45, 2.75) is 30.7 Å². The fourth-order valence-electron chi connectivity index (χ4n) is 4.27. The lowest BCUT2D eigenvalue weighted by atomic mass is 9.96. The van der Waals surface area contributed by atoms with Crippen LogP contribution in [0.5, 0.6) is 0 Å². The summed E-state index contributed by atoms with van der Waals surface area (Å²) in [7, 11) is -3.50. The summed E-state index contributed by atoms with van der Waals surface area (Å²) in [6.07, 6.45) is 0. The smallest absolute Gasteiger partial charge is 0.243 e. The lowest BCUT2D eigenvalue weighted by molar-refractivity contribution is 0.156. The van der Waals surface area contributed by atoms with E-state index < -0.39 is 10.0 Å². The van der Waals surface area contributed by atoms with E-state index in [-0.39, 0.29) is 6.04 Å². The molecule has 4 nitrogen and oxygen atoms in total. The van der Waals surface area contributed by atoms with E-state index in [1.54, 1.807) is 16.4 Å². The molecule has 3 aromatic carbocycles. The summed E-state index contributed by atoms with van der Waals surface area (Å²) in [6, 6.07) is 25.6. The quantitative estimate of drug-likeness (QED) is 0.475. The Morgan fingerprint density at radius 2 is 1.25 bits per heavy atom. The number of halogens is 1. The molecule has 1 heterocycles. The second-order valence-electron chi connectivity index (χ2n) is 8.53. The van der Waals surface area contributed by atoms with E-state index in [9.17, 15) is 8.42 Å². The summed E-state index contributed by atoms with van der Waals surface area (Å²) in [4.78, 5) is 2.72. The van der Waals surface area contributed by atoms with Gasteiger partial charge < -0.3 is 0 Å². The van der Waals surface area contributed by atoms with Crippen molar-refractivity contribution in [1.82, 2.24) is 9.21 Å². The number of piperazine rings is 1. The summed E-state index contributed by atoms with van der Waals surface area (Å²) >= 11 is 6.12. The van der Waals surface area contributed by atoms with Crippen molar-refractivity contribution < 1.29 is 8.42 Å². The summed E-state index contributed by atoms with van der Waals surface area (Å²) in [5, 5.41) is 0.708. The van der Waals surface area contributed by atoms with Gasteiger partial charge in [0.2, 0.25) is 10.0 Å². The second-order valence-corrected chi connectivity index (χ2v) is 10.9. The predicted octanol–water partition coefficient (Wildman–Crippen LogP) is 5.56. The Labute approximate surface area is 196 Å². The van der Waals surface area contributed by atoms with Crippen molar-refractivity contribution in [1.29, 1.82) is 0 Å². The Hall–Kier alpha value is -2.18. The van der Waals surface area contributed by atoms with Gasteiger partial charge in [-0.2, -0.15) is 4.31 Å². The Balaban J connectivity index is 1.53. The molecule has 6 heteroatoms. The molecule has 0 amide bonds. The zero-order valence-electron chi connectivity index (χ0n) is 18.5. The van der Waals surface area contributed by atoms with Gasteiger partial charge in [-0.1, -0.05) is 80.0 Å². The average Bonchev–Trinajstić information content (AvgIpc) is 2.81. The van der Waals surface area contributed by atoms with Crippen molar-refractivity contribution in [3.8, 4) is 0 Å². The van der Waals surface area contributed by atoms with Crippen molar-refractivity contribution in [3.05, 3.63) is 101 Å². The summed E-state index contributed by atoms with van der Waals surface area (Å²) < 4.78 is 28.0. The van der Waals surface area contributed by atoms with Crippen molar-refractivity contribution in [2.75, 3.05) is 26.2 Å². The molecule has 1 aliphatic rings. The van der Waals surface area contributed by atoms with Gasteiger partial charge in [0.1, 0.15) is 0 Å². The molecule has 4 rings (SSSR count). The first kappa shape index (κ1) is 23.0. The third-order valence-electron chi connectivity index (χ3n) is 6.12. The van der Waals surface area contributed by atoms with E-state index in [4.69, 9.17) is 11.6 Å². The minimum absolute atomic E-state index is 0.0589. The second kappa shape index (κ2) is 9.75. The normalized spacial score (nSPS) is 16.9. The van der Waals surface area contributed by atoms with E-state index in [0.717, 1.165) is 11.1 Å². The molecule has 168 valence electrons. The van der Waals surface area contributed by atoms with Crippen molar-refractivity contribution in [3.63, 3.8) is 0 Å². The van der Waals surface area contributed by atoms with Crippen LogP contribution in [0.15, 0.2) is 83.8 Å². The highest BCUT2D eigenvalue weighted by molar-refractivity contribution is 7.89. The first-order valence-corrected chi connectivity index (χ1v) is 12.8. The molecular formula is C26H29ClN2O2S.